The van der Waals surface area contributed by atoms with Gasteiger partial charge in [-0.3, -0.25) is 4.79 Å². The van der Waals surface area contributed by atoms with E-state index in [2.05, 4.69) is 5.32 Å². The van der Waals surface area contributed by atoms with Gasteiger partial charge in [0.1, 0.15) is 17.3 Å². The Morgan fingerprint density at radius 3 is 2.42 bits per heavy atom. The van der Waals surface area contributed by atoms with E-state index in [-0.39, 0.29) is 10.6 Å². The van der Waals surface area contributed by atoms with Crippen LogP contribution in [0, 0.1) is 12.7 Å². The minimum atomic E-state index is -0.807. The number of hydrogen-bond donors (Lipinski definition) is 1. The third kappa shape index (κ3) is 4.64. The number of methoxy groups -OCH3 is 2. The van der Waals surface area contributed by atoms with Crippen LogP contribution in [0.15, 0.2) is 30.3 Å². The smallest absolute Gasteiger partial charge is 0.338 e. The predicted octanol–water partition coefficient (Wildman–Crippen LogP) is 3.60. The molecule has 0 fully saturated rings. The lowest BCUT2D eigenvalue weighted by molar-refractivity contribution is -0.119. The van der Waals surface area contributed by atoms with E-state index in [1.807, 2.05) is 0 Å². The molecule has 0 aliphatic rings. The Morgan fingerprint density at radius 1 is 1.12 bits per heavy atom. The van der Waals surface area contributed by atoms with E-state index < -0.39 is 24.3 Å². The molecule has 0 unspecified atom stereocenters. The van der Waals surface area contributed by atoms with Gasteiger partial charge >= 0.3 is 5.97 Å². The van der Waals surface area contributed by atoms with Gasteiger partial charge in [-0.1, -0.05) is 17.7 Å². The highest BCUT2D eigenvalue weighted by Crippen LogP contribution is 2.35. The summed E-state index contributed by atoms with van der Waals surface area (Å²) in [4.78, 5) is 23.9. The van der Waals surface area contributed by atoms with Gasteiger partial charge in [0.25, 0.3) is 5.91 Å². The summed E-state index contributed by atoms with van der Waals surface area (Å²) in [5.41, 5.74) is 0.717. The van der Waals surface area contributed by atoms with Crippen molar-refractivity contribution in [1.82, 2.24) is 0 Å². The number of amides is 1. The number of rotatable bonds is 6. The van der Waals surface area contributed by atoms with Crippen molar-refractivity contribution in [3.8, 4) is 11.5 Å². The second kappa shape index (κ2) is 8.53. The molecule has 0 heterocycles. The van der Waals surface area contributed by atoms with Crippen LogP contribution < -0.4 is 14.8 Å². The molecule has 1 N–H and O–H groups in total. The zero-order chi connectivity index (χ0) is 19.3. The Kier molecular flexibility index (Phi) is 6.41. The average Bonchev–Trinajstić information content (AvgIpc) is 2.62. The van der Waals surface area contributed by atoms with Crippen molar-refractivity contribution in [2.24, 2.45) is 0 Å². The van der Waals surface area contributed by atoms with Gasteiger partial charge in [0.05, 0.1) is 30.5 Å². The second-order valence-corrected chi connectivity index (χ2v) is 5.68. The summed E-state index contributed by atoms with van der Waals surface area (Å²) < 4.78 is 28.6. The standard InChI is InChI=1S/C18H17ClFNO5/c1-10-4-5-11(6-13(10)20)18(23)26-9-17(22)21-14-7-12(19)15(24-2)8-16(14)25-3/h4-8H,9H2,1-3H3,(H,21,22). The molecule has 2 aromatic rings. The Hall–Kier alpha value is -2.80. The van der Waals surface area contributed by atoms with E-state index in [4.69, 9.17) is 25.8 Å². The SMILES string of the molecule is COc1cc(OC)c(NC(=O)COC(=O)c2ccc(C)c(F)c2)cc1Cl. The molecule has 0 atom stereocenters. The first-order valence-electron chi connectivity index (χ1n) is 7.50. The minimum absolute atomic E-state index is 0.0194. The average molecular weight is 382 g/mol. The molecular weight excluding hydrogens is 365 g/mol. The molecule has 26 heavy (non-hydrogen) atoms. The van der Waals surface area contributed by atoms with Crippen molar-refractivity contribution < 1.29 is 28.2 Å². The van der Waals surface area contributed by atoms with Gasteiger partial charge in [-0.25, -0.2) is 9.18 Å². The van der Waals surface area contributed by atoms with E-state index in [0.29, 0.717) is 22.7 Å². The number of carbonyl (C=O) groups is 2. The monoisotopic (exact) mass is 381 g/mol. The first-order chi connectivity index (χ1) is 12.3. The number of anilines is 1. The van der Waals surface area contributed by atoms with Gasteiger partial charge < -0.3 is 19.5 Å². The van der Waals surface area contributed by atoms with Gasteiger partial charge in [0, 0.05) is 6.07 Å². The van der Waals surface area contributed by atoms with Crippen molar-refractivity contribution in [3.05, 3.63) is 52.3 Å². The highest BCUT2D eigenvalue weighted by Gasteiger charge is 2.15. The minimum Gasteiger partial charge on any atom is -0.495 e. The molecule has 1 amide bonds. The number of esters is 1. The maximum Gasteiger partial charge on any atom is 0.338 e. The lowest BCUT2D eigenvalue weighted by atomic mass is 10.1. The van der Waals surface area contributed by atoms with Crippen LogP contribution in [0.4, 0.5) is 10.1 Å². The Balaban J connectivity index is 2.01. The fraction of sp³-hybridized carbons (Fsp3) is 0.222. The van der Waals surface area contributed by atoms with Crippen molar-refractivity contribution >= 4 is 29.2 Å². The molecule has 138 valence electrons. The maximum absolute atomic E-state index is 13.5. The summed E-state index contributed by atoms with van der Waals surface area (Å²) in [6.07, 6.45) is 0. The summed E-state index contributed by atoms with van der Waals surface area (Å²) in [6.45, 7) is 1.02. The van der Waals surface area contributed by atoms with Gasteiger partial charge in [-0.05, 0) is 30.7 Å². The first-order valence-corrected chi connectivity index (χ1v) is 7.88. The van der Waals surface area contributed by atoms with Crippen LogP contribution in [-0.4, -0.2) is 32.7 Å². The van der Waals surface area contributed by atoms with E-state index in [0.717, 1.165) is 6.07 Å². The van der Waals surface area contributed by atoms with E-state index >= 15 is 0 Å². The number of nitrogens with one attached hydrogen (secondary N) is 1. The van der Waals surface area contributed by atoms with Crippen LogP contribution in [0.1, 0.15) is 15.9 Å². The van der Waals surface area contributed by atoms with Crippen LogP contribution >= 0.6 is 11.6 Å². The van der Waals surface area contributed by atoms with Gasteiger partial charge in [-0.2, -0.15) is 0 Å². The third-order valence-corrected chi connectivity index (χ3v) is 3.79. The first kappa shape index (κ1) is 19.5. The van der Waals surface area contributed by atoms with Crippen molar-refractivity contribution in [3.63, 3.8) is 0 Å². The molecular formula is C18H17ClFNO5. The van der Waals surface area contributed by atoms with Crippen molar-refractivity contribution in [1.29, 1.82) is 0 Å². The number of aryl methyl sites for hydroxylation is 1. The van der Waals surface area contributed by atoms with Crippen LogP contribution in [0.5, 0.6) is 11.5 Å². The summed E-state index contributed by atoms with van der Waals surface area (Å²) in [5, 5.41) is 2.80. The number of halogens is 2. The fourth-order valence-electron chi connectivity index (χ4n) is 2.08. The number of ether oxygens (including phenoxy) is 3. The predicted molar refractivity (Wildman–Crippen MR) is 94.6 cm³/mol. The quantitative estimate of drug-likeness (QED) is 0.774. The molecule has 6 nitrogen and oxygen atoms in total. The lowest BCUT2D eigenvalue weighted by Gasteiger charge is -2.13. The van der Waals surface area contributed by atoms with Gasteiger partial charge in [0.2, 0.25) is 0 Å². The topological polar surface area (TPSA) is 73.9 Å². The van der Waals surface area contributed by atoms with Crippen LogP contribution in [0.3, 0.4) is 0 Å². The molecule has 0 saturated heterocycles. The van der Waals surface area contributed by atoms with Crippen LogP contribution in [0.2, 0.25) is 5.02 Å². The Morgan fingerprint density at radius 2 is 1.81 bits per heavy atom. The lowest BCUT2D eigenvalue weighted by Crippen LogP contribution is -2.21. The van der Waals surface area contributed by atoms with Crippen molar-refractivity contribution in [2.45, 2.75) is 6.92 Å². The van der Waals surface area contributed by atoms with E-state index in [9.17, 15) is 14.0 Å². The molecule has 8 heteroatoms. The molecule has 0 radical (unpaired) electrons. The molecule has 2 aromatic carbocycles. The molecule has 0 saturated carbocycles. The summed E-state index contributed by atoms with van der Waals surface area (Å²) >= 11 is 6.02. The van der Waals surface area contributed by atoms with E-state index in [1.54, 1.807) is 6.92 Å². The molecule has 0 aromatic heterocycles. The number of carbonyl (C=O) groups excluding carboxylic acids is 2. The zero-order valence-electron chi connectivity index (χ0n) is 14.4. The summed E-state index contributed by atoms with van der Waals surface area (Å²) in [5.74, 6) is -1.23. The van der Waals surface area contributed by atoms with Gasteiger partial charge in [0.15, 0.2) is 6.61 Å². The van der Waals surface area contributed by atoms with Crippen LogP contribution in [0.25, 0.3) is 0 Å². The Labute approximate surface area is 154 Å². The molecule has 0 aliphatic carbocycles. The Bertz CT molecular complexity index is 841. The maximum atomic E-state index is 13.5. The molecule has 0 spiro atoms. The van der Waals surface area contributed by atoms with E-state index in [1.165, 1.54) is 38.5 Å². The highest BCUT2D eigenvalue weighted by atomic mass is 35.5. The number of benzene rings is 2. The molecule has 2 rings (SSSR count). The normalized spacial score (nSPS) is 10.2. The number of hydrogen-bond acceptors (Lipinski definition) is 5. The third-order valence-electron chi connectivity index (χ3n) is 3.49. The van der Waals surface area contributed by atoms with Crippen LogP contribution in [-0.2, 0) is 9.53 Å². The zero-order valence-corrected chi connectivity index (χ0v) is 15.1. The highest BCUT2D eigenvalue weighted by molar-refractivity contribution is 6.32. The largest absolute Gasteiger partial charge is 0.495 e. The fourth-order valence-corrected chi connectivity index (χ4v) is 2.32. The molecule has 0 bridgehead atoms. The molecule has 0 aliphatic heterocycles. The van der Waals surface area contributed by atoms with Crippen molar-refractivity contribution in [2.75, 3.05) is 26.1 Å². The van der Waals surface area contributed by atoms with Gasteiger partial charge in [-0.15, -0.1) is 0 Å². The summed E-state index contributed by atoms with van der Waals surface area (Å²) in [7, 11) is 2.87. The summed E-state index contributed by atoms with van der Waals surface area (Å²) in [6, 6.07) is 6.90. The second-order valence-electron chi connectivity index (χ2n) is 5.28.